The van der Waals surface area contributed by atoms with E-state index >= 15 is 0 Å². The Morgan fingerprint density at radius 1 is 0.850 bits per heavy atom. The molecule has 2 N–H and O–H groups in total. The second kappa shape index (κ2) is 9.13. The predicted molar refractivity (Wildman–Crippen MR) is 84.5 cm³/mol. The standard InChI is InChI=1S/C16H24N2O2/c1-3-5-7-17-11-13-9-14(12-18-8-6-4-2)16(20)10-15(13)19/h9-12,19-20H,3-8H2,1-2H3. The number of phenolic OH excluding ortho intramolecular Hbond substituents is 2. The first-order valence-electron chi connectivity index (χ1n) is 7.24. The number of unbranched alkanes of at least 4 members (excludes halogenated alkanes) is 2. The van der Waals surface area contributed by atoms with E-state index in [2.05, 4.69) is 23.8 Å². The molecule has 1 rings (SSSR count). The van der Waals surface area contributed by atoms with Gasteiger partial charge in [0, 0.05) is 42.7 Å². The third-order valence-corrected chi connectivity index (χ3v) is 2.92. The van der Waals surface area contributed by atoms with Crippen LogP contribution in [0.2, 0.25) is 0 Å². The van der Waals surface area contributed by atoms with Crippen molar-refractivity contribution in [3.8, 4) is 11.5 Å². The van der Waals surface area contributed by atoms with E-state index in [0.29, 0.717) is 11.1 Å². The molecule has 0 radical (unpaired) electrons. The molecule has 0 atom stereocenters. The monoisotopic (exact) mass is 276 g/mol. The van der Waals surface area contributed by atoms with Gasteiger partial charge in [0.25, 0.3) is 0 Å². The zero-order chi connectivity index (χ0) is 14.8. The quantitative estimate of drug-likeness (QED) is 0.563. The molecular weight excluding hydrogens is 252 g/mol. The van der Waals surface area contributed by atoms with Crippen LogP contribution in [0.25, 0.3) is 0 Å². The van der Waals surface area contributed by atoms with E-state index in [1.165, 1.54) is 6.07 Å². The Morgan fingerprint density at radius 3 is 1.70 bits per heavy atom. The highest BCUT2D eigenvalue weighted by Crippen LogP contribution is 2.25. The molecule has 0 spiro atoms. The van der Waals surface area contributed by atoms with Crippen LogP contribution in [0.15, 0.2) is 22.1 Å². The summed E-state index contributed by atoms with van der Waals surface area (Å²) in [6, 6.07) is 3.04. The Balaban J connectivity index is 2.80. The summed E-state index contributed by atoms with van der Waals surface area (Å²) >= 11 is 0. The third-order valence-electron chi connectivity index (χ3n) is 2.92. The van der Waals surface area contributed by atoms with E-state index in [-0.39, 0.29) is 11.5 Å². The van der Waals surface area contributed by atoms with Crippen molar-refractivity contribution in [2.75, 3.05) is 13.1 Å². The van der Waals surface area contributed by atoms with Crippen LogP contribution in [0, 0.1) is 0 Å². The zero-order valence-electron chi connectivity index (χ0n) is 12.3. The number of aromatic hydroxyl groups is 2. The molecular formula is C16H24N2O2. The minimum Gasteiger partial charge on any atom is -0.507 e. The molecule has 20 heavy (non-hydrogen) atoms. The van der Waals surface area contributed by atoms with Crippen LogP contribution in [-0.4, -0.2) is 35.7 Å². The second-order valence-corrected chi connectivity index (χ2v) is 4.75. The van der Waals surface area contributed by atoms with Crippen molar-refractivity contribution in [2.24, 2.45) is 9.98 Å². The maximum absolute atomic E-state index is 9.79. The molecule has 0 saturated carbocycles. The summed E-state index contributed by atoms with van der Waals surface area (Å²) in [7, 11) is 0. The molecule has 0 aliphatic rings. The SMILES string of the molecule is CCCCN=Cc1cc(C=NCCCC)c(O)cc1O. The van der Waals surface area contributed by atoms with Gasteiger partial charge in [-0.15, -0.1) is 0 Å². The van der Waals surface area contributed by atoms with Crippen LogP contribution >= 0.6 is 0 Å². The topological polar surface area (TPSA) is 65.2 Å². The van der Waals surface area contributed by atoms with E-state index in [0.717, 1.165) is 38.8 Å². The highest BCUT2D eigenvalue weighted by molar-refractivity contribution is 5.91. The Morgan fingerprint density at radius 2 is 1.30 bits per heavy atom. The van der Waals surface area contributed by atoms with Crippen LogP contribution in [0.4, 0.5) is 0 Å². The first-order valence-corrected chi connectivity index (χ1v) is 7.24. The maximum Gasteiger partial charge on any atom is 0.128 e. The van der Waals surface area contributed by atoms with Gasteiger partial charge >= 0.3 is 0 Å². The summed E-state index contributed by atoms with van der Waals surface area (Å²) in [5.41, 5.74) is 1.21. The van der Waals surface area contributed by atoms with Crippen molar-refractivity contribution < 1.29 is 10.2 Å². The molecule has 0 bridgehead atoms. The molecule has 0 aliphatic carbocycles. The van der Waals surface area contributed by atoms with Crippen LogP contribution in [-0.2, 0) is 0 Å². The molecule has 1 aromatic rings. The van der Waals surface area contributed by atoms with Gasteiger partial charge in [-0.25, -0.2) is 0 Å². The molecule has 0 aliphatic heterocycles. The molecule has 4 heteroatoms. The lowest BCUT2D eigenvalue weighted by atomic mass is 10.1. The Kier molecular flexibility index (Phi) is 7.40. The normalized spacial score (nSPS) is 11.7. The number of hydrogen-bond donors (Lipinski definition) is 2. The maximum atomic E-state index is 9.79. The number of hydrogen-bond acceptors (Lipinski definition) is 4. The van der Waals surface area contributed by atoms with Crippen molar-refractivity contribution in [3.05, 3.63) is 23.3 Å². The molecule has 0 aromatic heterocycles. The van der Waals surface area contributed by atoms with Gasteiger partial charge in [0.2, 0.25) is 0 Å². The van der Waals surface area contributed by atoms with Crippen molar-refractivity contribution >= 4 is 12.4 Å². The summed E-state index contributed by atoms with van der Waals surface area (Å²) in [6.07, 6.45) is 7.53. The van der Waals surface area contributed by atoms with Crippen molar-refractivity contribution in [1.82, 2.24) is 0 Å². The Hall–Kier alpha value is -1.84. The van der Waals surface area contributed by atoms with Gasteiger partial charge in [-0.05, 0) is 18.9 Å². The first kappa shape index (κ1) is 16.2. The van der Waals surface area contributed by atoms with Crippen molar-refractivity contribution in [3.63, 3.8) is 0 Å². The summed E-state index contributed by atoms with van der Waals surface area (Å²) < 4.78 is 0. The average Bonchev–Trinajstić information content (AvgIpc) is 2.43. The first-order chi connectivity index (χ1) is 9.69. The van der Waals surface area contributed by atoms with Gasteiger partial charge in [0.15, 0.2) is 0 Å². The smallest absolute Gasteiger partial charge is 0.128 e. The fourth-order valence-electron chi connectivity index (χ4n) is 1.64. The number of nitrogens with zero attached hydrogens (tertiary/aromatic N) is 2. The minimum absolute atomic E-state index is 0.0356. The summed E-state index contributed by atoms with van der Waals surface area (Å²) in [6.45, 7) is 5.71. The molecule has 0 amide bonds. The van der Waals surface area contributed by atoms with Gasteiger partial charge in [-0.2, -0.15) is 0 Å². The lowest BCUT2D eigenvalue weighted by molar-refractivity contribution is 0.449. The number of benzene rings is 1. The van der Waals surface area contributed by atoms with E-state index in [4.69, 9.17) is 0 Å². The predicted octanol–water partition coefficient (Wildman–Crippen LogP) is 3.54. The van der Waals surface area contributed by atoms with Gasteiger partial charge in [-0.1, -0.05) is 26.7 Å². The van der Waals surface area contributed by atoms with Gasteiger partial charge < -0.3 is 10.2 Å². The van der Waals surface area contributed by atoms with Crippen molar-refractivity contribution in [2.45, 2.75) is 39.5 Å². The van der Waals surface area contributed by atoms with Crippen molar-refractivity contribution in [1.29, 1.82) is 0 Å². The molecule has 0 fully saturated rings. The van der Waals surface area contributed by atoms with Crippen LogP contribution < -0.4 is 0 Å². The highest BCUT2D eigenvalue weighted by atomic mass is 16.3. The lowest BCUT2D eigenvalue weighted by Crippen LogP contribution is -1.91. The largest absolute Gasteiger partial charge is 0.507 e. The number of rotatable bonds is 8. The van der Waals surface area contributed by atoms with E-state index in [9.17, 15) is 10.2 Å². The van der Waals surface area contributed by atoms with Gasteiger partial charge in [0.05, 0.1) is 0 Å². The number of phenols is 2. The summed E-state index contributed by atoms with van der Waals surface area (Å²) in [4.78, 5) is 8.52. The Bertz CT molecular complexity index is 429. The second-order valence-electron chi connectivity index (χ2n) is 4.75. The lowest BCUT2D eigenvalue weighted by Gasteiger charge is -2.04. The van der Waals surface area contributed by atoms with Gasteiger partial charge in [-0.3, -0.25) is 9.98 Å². The molecule has 0 saturated heterocycles. The molecule has 0 unspecified atom stereocenters. The molecule has 0 heterocycles. The Labute approximate surface area is 120 Å². The van der Waals surface area contributed by atoms with Crippen LogP contribution in [0.5, 0.6) is 11.5 Å². The average molecular weight is 276 g/mol. The van der Waals surface area contributed by atoms with Crippen LogP contribution in [0.1, 0.15) is 50.7 Å². The fraction of sp³-hybridized carbons (Fsp3) is 0.500. The molecule has 110 valence electrons. The number of aliphatic imine (C=N–C) groups is 2. The zero-order valence-corrected chi connectivity index (χ0v) is 12.3. The van der Waals surface area contributed by atoms with E-state index < -0.39 is 0 Å². The van der Waals surface area contributed by atoms with E-state index in [1.54, 1.807) is 18.5 Å². The van der Waals surface area contributed by atoms with E-state index in [1.807, 2.05) is 0 Å². The fourth-order valence-corrected chi connectivity index (χ4v) is 1.64. The molecule has 1 aromatic carbocycles. The van der Waals surface area contributed by atoms with Crippen LogP contribution in [0.3, 0.4) is 0 Å². The third kappa shape index (κ3) is 5.43. The minimum atomic E-state index is 0.0356. The summed E-state index contributed by atoms with van der Waals surface area (Å²) in [5.74, 6) is 0.0712. The van der Waals surface area contributed by atoms with Gasteiger partial charge in [0.1, 0.15) is 11.5 Å². The molecule has 4 nitrogen and oxygen atoms in total. The summed E-state index contributed by atoms with van der Waals surface area (Å²) in [5, 5.41) is 19.6. The highest BCUT2D eigenvalue weighted by Gasteiger charge is 2.05.